The lowest BCUT2D eigenvalue weighted by Gasteiger charge is -2.04. The number of anilines is 1. The van der Waals surface area contributed by atoms with Crippen molar-refractivity contribution in [3.8, 4) is 0 Å². The molecule has 0 saturated carbocycles. The van der Waals surface area contributed by atoms with Gasteiger partial charge in [0.1, 0.15) is 11.0 Å². The average molecular weight is 255 g/mol. The Morgan fingerprint density at radius 1 is 1.53 bits per heavy atom. The number of nitrogens with zero attached hydrogens (tertiary/aromatic N) is 3. The van der Waals surface area contributed by atoms with Gasteiger partial charge in [-0.05, 0) is 12.1 Å². The van der Waals surface area contributed by atoms with Gasteiger partial charge in [-0.25, -0.2) is 9.78 Å². The molecule has 88 valence electrons. The van der Waals surface area contributed by atoms with Crippen molar-refractivity contribution in [3.63, 3.8) is 0 Å². The van der Waals surface area contributed by atoms with Crippen molar-refractivity contribution in [3.05, 3.63) is 35.1 Å². The first-order valence-corrected chi connectivity index (χ1v) is 4.93. The minimum atomic E-state index is -1.07. The Labute approximate surface area is 100 Å². The standard InChI is InChI=1S/C9H7ClN4O3/c10-6-1-5(9(15)16)2-7(13-6)11-3-8-12-4-17-14-8/h1-2,4H,3H2,(H,11,13)(H,15,16). The molecule has 0 saturated heterocycles. The molecule has 2 aromatic heterocycles. The van der Waals surface area contributed by atoms with E-state index in [1.165, 1.54) is 18.5 Å². The molecule has 7 nitrogen and oxygen atoms in total. The maximum Gasteiger partial charge on any atom is 0.335 e. The highest BCUT2D eigenvalue weighted by atomic mass is 35.5. The Morgan fingerprint density at radius 2 is 2.35 bits per heavy atom. The van der Waals surface area contributed by atoms with Crippen LogP contribution in [0.15, 0.2) is 23.0 Å². The van der Waals surface area contributed by atoms with Crippen molar-refractivity contribution >= 4 is 23.4 Å². The Morgan fingerprint density at radius 3 is 3.00 bits per heavy atom. The minimum Gasteiger partial charge on any atom is -0.478 e. The van der Waals surface area contributed by atoms with E-state index in [9.17, 15) is 4.79 Å². The second-order valence-electron chi connectivity index (χ2n) is 3.07. The number of carboxylic acid groups (broad SMARTS) is 1. The summed E-state index contributed by atoms with van der Waals surface area (Å²) in [4.78, 5) is 18.5. The van der Waals surface area contributed by atoms with E-state index in [1.54, 1.807) is 0 Å². The predicted octanol–water partition coefficient (Wildman–Crippen LogP) is 1.43. The van der Waals surface area contributed by atoms with Crippen LogP contribution in [0.2, 0.25) is 5.15 Å². The van der Waals surface area contributed by atoms with E-state index in [2.05, 4.69) is 25.0 Å². The summed E-state index contributed by atoms with van der Waals surface area (Å²) in [6, 6.07) is 2.64. The summed E-state index contributed by atoms with van der Waals surface area (Å²) in [7, 11) is 0. The number of carboxylic acids is 1. The summed E-state index contributed by atoms with van der Waals surface area (Å²) in [5, 5.41) is 15.4. The van der Waals surface area contributed by atoms with Gasteiger partial charge in [-0.1, -0.05) is 16.8 Å². The van der Waals surface area contributed by atoms with Crippen molar-refractivity contribution in [2.45, 2.75) is 6.54 Å². The van der Waals surface area contributed by atoms with E-state index >= 15 is 0 Å². The Hall–Kier alpha value is -2.15. The molecule has 0 radical (unpaired) electrons. The van der Waals surface area contributed by atoms with Crippen molar-refractivity contribution in [1.82, 2.24) is 15.1 Å². The van der Waals surface area contributed by atoms with Gasteiger partial charge in [0.25, 0.3) is 0 Å². The van der Waals surface area contributed by atoms with Crippen molar-refractivity contribution < 1.29 is 14.4 Å². The van der Waals surface area contributed by atoms with E-state index in [4.69, 9.17) is 16.7 Å². The molecule has 0 bridgehead atoms. The Bertz CT molecular complexity index is 529. The van der Waals surface area contributed by atoms with Crippen LogP contribution in [-0.4, -0.2) is 26.2 Å². The number of carbonyl (C=O) groups is 1. The molecule has 0 aliphatic rings. The number of halogens is 1. The first-order chi connectivity index (χ1) is 8.15. The van der Waals surface area contributed by atoms with Crippen LogP contribution in [-0.2, 0) is 6.54 Å². The molecule has 2 rings (SSSR count). The maximum atomic E-state index is 10.8. The van der Waals surface area contributed by atoms with Gasteiger partial charge >= 0.3 is 5.97 Å². The number of pyridine rings is 1. The van der Waals surface area contributed by atoms with E-state index in [1.807, 2.05) is 0 Å². The summed E-state index contributed by atoms with van der Waals surface area (Å²) in [6.07, 6.45) is 1.20. The zero-order valence-electron chi connectivity index (χ0n) is 8.42. The maximum absolute atomic E-state index is 10.8. The fraction of sp³-hybridized carbons (Fsp3) is 0.111. The molecule has 2 aromatic rings. The molecular weight excluding hydrogens is 248 g/mol. The molecule has 0 aliphatic carbocycles. The number of hydrogen-bond acceptors (Lipinski definition) is 6. The summed E-state index contributed by atoms with van der Waals surface area (Å²) < 4.78 is 4.55. The van der Waals surface area contributed by atoms with Crippen molar-refractivity contribution in [1.29, 1.82) is 0 Å². The fourth-order valence-corrected chi connectivity index (χ4v) is 1.36. The lowest BCUT2D eigenvalue weighted by molar-refractivity contribution is 0.0697. The fourth-order valence-electron chi connectivity index (χ4n) is 1.15. The topological polar surface area (TPSA) is 101 Å². The summed E-state index contributed by atoms with van der Waals surface area (Å²) in [6.45, 7) is 0.267. The Kier molecular flexibility index (Phi) is 3.20. The molecule has 0 aliphatic heterocycles. The van der Waals surface area contributed by atoms with Crippen LogP contribution >= 0.6 is 11.6 Å². The molecule has 0 spiro atoms. The number of aromatic nitrogens is 3. The lowest BCUT2D eigenvalue weighted by atomic mass is 10.2. The Balaban J connectivity index is 2.13. The van der Waals surface area contributed by atoms with Crippen LogP contribution in [0.5, 0.6) is 0 Å². The van der Waals surface area contributed by atoms with Gasteiger partial charge in [0.05, 0.1) is 12.1 Å². The largest absolute Gasteiger partial charge is 0.478 e. The summed E-state index contributed by atoms with van der Waals surface area (Å²) in [5.41, 5.74) is 0.0561. The van der Waals surface area contributed by atoms with Crippen LogP contribution in [0.3, 0.4) is 0 Å². The van der Waals surface area contributed by atoms with Crippen LogP contribution < -0.4 is 5.32 Å². The van der Waals surface area contributed by atoms with E-state index in [0.29, 0.717) is 11.6 Å². The number of rotatable bonds is 4. The van der Waals surface area contributed by atoms with Gasteiger partial charge in [0.2, 0.25) is 6.39 Å². The average Bonchev–Trinajstić information content (AvgIpc) is 2.78. The molecule has 0 amide bonds. The monoisotopic (exact) mass is 254 g/mol. The molecule has 8 heteroatoms. The third-order valence-electron chi connectivity index (χ3n) is 1.88. The van der Waals surface area contributed by atoms with Crippen molar-refractivity contribution in [2.24, 2.45) is 0 Å². The molecule has 17 heavy (non-hydrogen) atoms. The molecule has 0 unspecified atom stereocenters. The number of nitrogens with one attached hydrogen (secondary N) is 1. The highest BCUT2D eigenvalue weighted by molar-refractivity contribution is 6.29. The van der Waals surface area contributed by atoms with Crippen LogP contribution in [0.4, 0.5) is 5.82 Å². The zero-order valence-corrected chi connectivity index (χ0v) is 9.18. The molecule has 0 fully saturated rings. The summed E-state index contributed by atoms with van der Waals surface area (Å²) in [5.74, 6) is -0.305. The molecular formula is C9H7ClN4O3. The predicted molar refractivity (Wildman–Crippen MR) is 57.8 cm³/mol. The first kappa shape index (κ1) is 11.3. The van der Waals surface area contributed by atoms with E-state index in [-0.39, 0.29) is 17.3 Å². The van der Waals surface area contributed by atoms with Gasteiger partial charge in [0.15, 0.2) is 5.82 Å². The van der Waals surface area contributed by atoms with Crippen LogP contribution in [0.25, 0.3) is 0 Å². The number of hydrogen-bond donors (Lipinski definition) is 2. The first-order valence-electron chi connectivity index (χ1n) is 4.55. The normalized spacial score (nSPS) is 10.2. The molecule has 0 atom stereocenters. The van der Waals surface area contributed by atoms with Gasteiger partial charge in [-0.2, -0.15) is 4.98 Å². The lowest BCUT2D eigenvalue weighted by Crippen LogP contribution is -2.05. The highest BCUT2D eigenvalue weighted by Crippen LogP contribution is 2.14. The van der Waals surface area contributed by atoms with Gasteiger partial charge in [-0.3, -0.25) is 0 Å². The van der Waals surface area contributed by atoms with E-state index < -0.39 is 5.97 Å². The second kappa shape index (κ2) is 4.79. The highest BCUT2D eigenvalue weighted by Gasteiger charge is 2.08. The van der Waals surface area contributed by atoms with Crippen LogP contribution in [0, 0.1) is 0 Å². The smallest absolute Gasteiger partial charge is 0.335 e. The van der Waals surface area contributed by atoms with Crippen LogP contribution in [0.1, 0.15) is 16.2 Å². The van der Waals surface area contributed by atoms with Gasteiger partial charge < -0.3 is 14.9 Å². The molecule has 0 aromatic carbocycles. The van der Waals surface area contributed by atoms with E-state index in [0.717, 1.165) is 0 Å². The third-order valence-corrected chi connectivity index (χ3v) is 2.07. The molecule has 2 heterocycles. The second-order valence-corrected chi connectivity index (χ2v) is 3.46. The minimum absolute atomic E-state index is 0.0561. The number of aromatic carboxylic acids is 1. The SMILES string of the molecule is O=C(O)c1cc(Cl)nc(NCc2ncon2)c1. The quantitative estimate of drug-likeness (QED) is 0.796. The summed E-state index contributed by atoms with van der Waals surface area (Å²) >= 11 is 5.69. The molecule has 2 N–H and O–H groups in total. The van der Waals surface area contributed by atoms with Gasteiger partial charge in [-0.15, -0.1) is 0 Å². The zero-order chi connectivity index (χ0) is 12.3. The van der Waals surface area contributed by atoms with Gasteiger partial charge in [0, 0.05) is 0 Å². The third kappa shape index (κ3) is 2.91. The van der Waals surface area contributed by atoms with Crippen molar-refractivity contribution in [2.75, 3.05) is 5.32 Å².